The van der Waals surface area contributed by atoms with E-state index < -0.39 is 0 Å². The third-order valence-corrected chi connectivity index (χ3v) is 2.90. The van der Waals surface area contributed by atoms with E-state index in [1.54, 1.807) is 48.5 Å². The molecular weight excluding hydrogens is 252 g/mol. The molecule has 2 aromatic carbocycles. The fourth-order valence-corrected chi connectivity index (χ4v) is 1.84. The molecule has 0 bridgehead atoms. The molecule has 0 saturated carbocycles. The Bertz CT molecular complexity index is 670. The van der Waals surface area contributed by atoms with Gasteiger partial charge in [-0.15, -0.1) is 0 Å². The second-order valence-corrected chi connectivity index (χ2v) is 4.37. The topological polar surface area (TPSA) is 54.4 Å². The number of carbonyl (C=O) groups excluding carboxylic acids is 2. The number of phenols is 1. The largest absolute Gasteiger partial charge is 0.507 e. The summed E-state index contributed by atoms with van der Waals surface area (Å²) in [6, 6.07) is 15.2. The lowest BCUT2D eigenvalue weighted by atomic mass is 9.98. The number of Topliss-reactive ketones (excluding diaryl/α,β-unsaturated/α-hetero) is 2. The van der Waals surface area contributed by atoms with Crippen LogP contribution in [-0.4, -0.2) is 16.7 Å². The number of ketones is 2. The van der Waals surface area contributed by atoms with Crippen LogP contribution in [0, 0.1) is 0 Å². The third-order valence-electron chi connectivity index (χ3n) is 2.90. The molecule has 0 radical (unpaired) electrons. The van der Waals surface area contributed by atoms with E-state index in [1.807, 2.05) is 0 Å². The lowest BCUT2D eigenvalue weighted by Gasteiger charge is -2.04. The quantitative estimate of drug-likeness (QED) is 0.400. The van der Waals surface area contributed by atoms with Crippen molar-refractivity contribution in [3.63, 3.8) is 0 Å². The molecule has 2 rings (SSSR count). The number of para-hydroxylation sites is 1. The van der Waals surface area contributed by atoms with Crippen molar-refractivity contribution in [3.8, 4) is 5.75 Å². The summed E-state index contributed by atoms with van der Waals surface area (Å²) in [6.45, 7) is 1.34. The number of carbonyl (C=O) groups is 2. The Morgan fingerprint density at radius 2 is 1.55 bits per heavy atom. The molecule has 0 aliphatic carbocycles. The number of hydrogen-bond donors (Lipinski definition) is 1. The molecule has 2 aromatic rings. The summed E-state index contributed by atoms with van der Waals surface area (Å²) in [5, 5.41) is 9.73. The summed E-state index contributed by atoms with van der Waals surface area (Å²) < 4.78 is 0. The monoisotopic (exact) mass is 266 g/mol. The van der Waals surface area contributed by atoms with Gasteiger partial charge in [0.05, 0.1) is 5.57 Å². The summed E-state index contributed by atoms with van der Waals surface area (Å²) >= 11 is 0. The van der Waals surface area contributed by atoms with Crippen LogP contribution in [0.5, 0.6) is 5.75 Å². The highest BCUT2D eigenvalue weighted by Gasteiger charge is 2.16. The van der Waals surface area contributed by atoms with E-state index in [0.717, 1.165) is 0 Å². The first-order chi connectivity index (χ1) is 9.59. The maximum absolute atomic E-state index is 12.3. The van der Waals surface area contributed by atoms with Gasteiger partial charge < -0.3 is 5.11 Å². The lowest BCUT2D eigenvalue weighted by molar-refractivity contribution is -0.113. The predicted molar refractivity (Wildman–Crippen MR) is 77.5 cm³/mol. The normalized spacial score (nSPS) is 11.2. The van der Waals surface area contributed by atoms with Crippen LogP contribution >= 0.6 is 0 Å². The highest BCUT2D eigenvalue weighted by atomic mass is 16.3. The zero-order chi connectivity index (χ0) is 14.5. The van der Waals surface area contributed by atoms with Gasteiger partial charge in [-0.3, -0.25) is 9.59 Å². The van der Waals surface area contributed by atoms with Crippen molar-refractivity contribution in [3.05, 3.63) is 71.3 Å². The van der Waals surface area contributed by atoms with Crippen molar-refractivity contribution in [2.45, 2.75) is 6.92 Å². The molecule has 0 saturated heterocycles. The molecule has 0 amide bonds. The zero-order valence-electron chi connectivity index (χ0n) is 11.0. The number of allylic oxidation sites excluding steroid dienone is 1. The van der Waals surface area contributed by atoms with Crippen LogP contribution in [0.1, 0.15) is 22.8 Å². The van der Waals surface area contributed by atoms with E-state index in [1.165, 1.54) is 19.1 Å². The van der Waals surface area contributed by atoms with Gasteiger partial charge >= 0.3 is 0 Å². The van der Waals surface area contributed by atoms with Gasteiger partial charge in [-0.25, -0.2) is 0 Å². The average molecular weight is 266 g/mol. The Kier molecular flexibility index (Phi) is 4.11. The van der Waals surface area contributed by atoms with Crippen LogP contribution in [0.2, 0.25) is 0 Å². The molecular formula is C17H14O3. The van der Waals surface area contributed by atoms with Crippen molar-refractivity contribution in [2.75, 3.05) is 0 Å². The zero-order valence-corrected chi connectivity index (χ0v) is 11.0. The van der Waals surface area contributed by atoms with E-state index in [-0.39, 0.29) is 22.9 Å². The molecule has 0 aromatic heterocycles. The predicted octanol–water partition coefficient (Wildman–Crippen LogP) is 3.25. The fraction of sp³-hybridized carbons (Fsp3) is 0.0588. The maximum atomic E-state index is 12.3. The summed E-state index contributed by atoms with van der Waals surface area (Å²) in [7, 11) is 0. The molecule has 3 nitrogen and oxygen atoms in total. The molecule has 0 unspecified atom stereocenters. The average Bonchev–Trinajstić information content (AvgIpc) is 2.46. The number of aromatic hydroxyl groups is 1. The third kappa shape index (κ3) is 3.01. The van der Waals surface area contributed by atoms with Gasteiger partial charge in [-0.05, 0) is 19.1 Å². The minimum absolute atomic E-state index is 0.0344. The minimum atomic E-state index is -0.346. The summed E-state index contributed by atoms with van der Waals surface area (Å²) in [6.07, 6.45) is 1.42. The van der Waals surface area contributed by atoms with Crippen molar-refractivity contribution >= 4 is 17.6 Å². The van der Waals surface area contributed by atoms with Crippen LogP contribution in [-0.2, 0) is 4.79 Å². The molecule has 3 heteroatoms. The highest BCUT2D eigenvalue weighted by Crippen LogP contribution is 2.21. The molecule has 1 N–H and O–H groups in total. The molecule has 0 fully saturated rings. The van der Waals surface area contributed by atoms with Crippen LogP contribution < -0.4 is 0 Å². The van der Waals surface area contributed by atoms with E-state index >= 15 is 0 Å². The second-order valence-electron chi connectivity index (χ2n) is 4.37. The SMILES string of the molecule is CC(=O)/C(=C\c1ccccc1O)C(=O)c1ccccc1. The van der Waals surface area contributed by atoms with Crippen LogP contribution in [0.15, 0.2) is 60.2 Å². The van der Waals surface area contributed by atoms with E-state index in [0.29, 0.717) is 11.1 Å². The van der Waals surface area contributed by atoms with Gasteiger partial charge in [0.2, 0.25) is 0 Å². The Labute approximate surface area is 117 Å². The Morgan fingerprint density at radius 1 is 0.950 bits per heavy atom. The Hall–Kier alpha value is -2.68. The standard InChI is InChI=1S/C17H14O3/c1-12(18)15(11-14-9-5-6-10-16(14)19)17(20)13-7-3-2-4-8-13/h2-11,19H,1H3/b15-11+. The molecule has 100 valence electrons. The molecule has 0 aliphatic rings. The maximum Gasteiger partial charge on any atom is 0.196 e. The van der Waals surface area contributed by atoms with Gasteiger partial charge in [0.1, 0.15) is 5.75 Å². The van der Waals surface area contributed by atoms with Gasteiger partial charge in [0, 0.05) is 11.1 Å². The first-order valence-corrected chi connectivity index (χ1v) is 6.20. The molecule has 0 atom stereocenters. The number of hydrogen-bond acceptors (Lipinski definition) is 3. The Morgan fingerprint density at radius 3 is 2.15 bits per heavy atom. The van der Waals surface area contributed by atoms with Gasteiger partial charge in [0.15, 0.2) is 11.6 Å². The molecule has 0 spiro atoms. The van der Waals surface area contributed by atoms with Crippen molar-refractivity contribution < 1.29 is 14.7 Å². The number of benzene rings is 2. The van der Waals surface area contributed by atoms with Crippen LogP contribution in [0.25, 0.3) is 6.08 Å². The minimum Gasteiger partial charge on any atom is -0.507 e. The van der Waals surface area contributed by atoms with E-state index in [2.05, 4.69) is 0 Å². The number of rotatable bonds is 4. The summed E-state index contributed by atoms with van der Waals surface area (Å²) in [4.78, 5) is 24.0. The molecule has 20 heavy (non-hydrogen) atoms. The highest BCUT2D eigenvalue weighted by molar-refractivity contribution is 6.28. The van der Waals surface area contributed by atoms with Crippen LogP contribution in [0.3, 0.4) is 0 Å². The molecule has 0 aliphatic heterocycles. The smallest absolute Gasteiger partial charge is 0.196 e. The van der Waals surface area contributed by atoms with Crippen molar-refractivity contribution in [1.82, 2.24) is 0 Å². The van der Waals surface area contributed by atoms with Crippen molar-refractivity contribution in [1.29, 1.82) is 0 Å². The first-order valence-electron chi connectivity index (χ1n) is 6.20. The van der Waals surface area contributed by atoms with Crippen molar-refractivity contribution in [2.24, 2.45) is 0 Å². The summed E-state index contributed by atoms with van der Waals surface area (Å²) in [5.41, 5.74) is 0.948. The number of phenolic OH excluding ortho intramolecular Hbond substituents is 1. The van der Waals surface area contributed by atoms with Gasteiger partial charge in [-0.2, -0.15) is 0 Å². The van der Waals surface area contributed by atoms with E-state index in [4.69, 9.17) is 0 Å². The summed E-state index contributed by atoms with van der Waals surface area (Å²) in [5.74, 6) is -0.643. The van der Waals surface area contributed by atoms with E-state index in [9.17, 15) is 14.7 Å². The molecule has 0 heterocycles. The fourth-order valence-electron chi connectivity index (χ4n) is 1.84. The second kappa shape index (κ2) is 5.97. The van der Waals surface area contributed by atoms with Gasteiger partial charge in [0.25, 0.3) is 0 Å². The van der Waals surface area contributed by atoms with Crippen LogP contribution in [0.4, 0.5) is 0 Å². The lowest BCUT2D eigenvalue weighted by Crippen LogP contribution is -2.10. The first kappa shape index (κ1) is 13.7. The Balaban J connectivity index is 2.45. The van der Waals surface area contributed by atoms with Gasteiger partial charge in [-0.1, -0.05) is 48.5 Å².